The van der Waals surface area contributed by atoms with Gasteiger partial charge in [-0.1, -0.05) is 23.7 Å². The summed E-state index contributed by atoms with van der Waals surface area (Å²) in [6, 6.07) is 4.87. The third-order valence-corrected chi connectivity index (χ3v) is 2.53. The molecule has 0 aliphatic carbocycles. The Hall–Kier alpha value is -1.39. The lowest BCUT2D eigenvalue weighted by Crippen LogP contribution is -1.99. The number of nitrogens with zero attached hydrogens (tertiary/aromatic N) is 2. The monoisotopic (exact) mass is 240 g/mol. The summed E-state index contributed by atoms with van der Waals surface area (Å²) in [5, 5.41) is 8.96. The second-order valence-electron chi connectivity index (χ2n) is 3.41. The Morgan fingerprint density at radius 3 is 2.94 bits per heavy atom. The molecule has 0 amide bonds. The minimum Gasteiger partial charge on any atom is -0.390 e. The first kappa shape index (κ1) is 11.1. The fourth-order valence-electron chi connectivity index (χ4n) is 1.44. The van der Waals surface area contributed by atoms with E-state index in [-0.39, 0.29) is 11.6 Å². The van der Waals surface area contributed by atoms with Crippen LogP contribution < -0.4 is 0 Å². The van der Waals surface area contributed by atoms with Gasteiger partial charge in [0.05, 0.1) is 30.2 Å². The number of benzene rings is 1. The maximum absolute atomic E-state index is 13.6. The van der Waals surface area contributed by atoms with E-state index < -0.39 is 5.82 Å². The molecule has 0 aliphatic heterocycles. The molecule has 0 saturated carbocycles. The van der Waals surface area contributed by atoms with Crippen molar-refractivity contribution in [3.05, 3.63) is 52.8 Å². The van der Waals surface area contributed by atoms with Crippen molar-refractivity contribution in [2.24, 2.45) is 0 Å². The van der Waals surface area contributed by atoms with Crippen molar-refractivity contribution in [2.75, 3.05) is 0 Å². The van der Waals surface area contributed by atoms with Gasteiger partial charge in [-0.2, -0.15) is 0 Å². The molecule has 0 radical (unpaired) electrons. The van der Waals surface area contributed by atoms with Gasteiger partial charge in [-0.25, -0.2) is 9.37 Å². The normalized spacial score (nSPS) is 10.7. The average molecular weight is 241 g/mol. The van der Waals surface area contributed by atoms with Crippen molar-refractivity contribution < 1.29 is 9.50 Å². The van der Waals surface area contributed by atoms with Crippen molar-refractivity contribution in [1.29, 1.82) is 0 Å². The van der Waals surface area contributed by atoms with Crippen LogP contribution in [0.2, 0.25) is 5.02 Å². The van der Waals surface area contributed by atoms with Crippen molar-refractivity contribution in [1.82, 2.24) is 9.55 Å². The number of imidazole rings is 1. The third-order valence-electron chi connectivity index (χ3n) is 2.23. The zero-order valence-electron chi connectivity index (χ0n) is 8.40. The molecule has 2 aromatic rings. The van der Waals surface area contributed by atoms with Gasteiger partial charge in [-0.3, -0.25) is 0 Å². The van der Waals surface area contributed by atoms with Crippen LogP contribution in [-0.4, -0.2) is 14.7 Å². The van der Waals surface area contributed by atoms with Crippen molar-refractivity contribution in [2.45, 2.75) is 13.2 Å². The lowest BCUT2D eigenvalue weighted by Gasteiger charge is -2.04. The molecular formula is C11H10ClFN2O. The van der Waals surface area contributed by atoms with Crippen LogP contribution in [0.1, 0.15) is 11.3 Å². The van der Waals surface area contributed by atoms with Crippen LogP contribution in [-0.2, 0) is 13.2 Å². The molecule has 16 heavy (non-hydrogen) atoms. The minimum atomic E-state index is -0.414. The SMILES string of the molecule is OCc1cn(Cc2cccc(Cl)c2F)cn1. The molecule has 1 aromatic heterocycles. The maximum atomic E-state index is 13.6. The van der Waals surface area contributed by atoms with Crippen molar-refractivity contribution >= 4 is 11.6 Å². The third kappa shape index (κ3) is 2.23. The minimum absolute atomic E-state index is 0.111. The Bertz CT molecular complexity index is 498. The van der Waals surface area contributed by atoms with Crippen LogP contribution >= 0.6 is 11.6 Å². The van der Waals surface area contributed by atoms with Gasteiger partial charge >= 0.3 is 0 Å². The van der Waals surface area contributed by atoms with Crippen LogP contribution in [0.4, 0.5) is 4.39 Å². The number of aliphatic hydroxyl groups excluding tert-OH is 1. The molecule has 0 spiro atoms. The van der Waals surface area contributed by atoms with E-state index >= 15 is 0 Å². The fourth-order valence-corrected chi connectivity index (χ4v) is 1.64. The lowest BCUT2D eigenvalue weighted by atomic mass is 10.2. The summed E-state index contributed by atoms with van der Waals surface area (Å²) >= 11 is 5.67. The quantitative estimate of drug-likeness (QED) is 0.893. The van der Waals surface area contributed by atoms with E-state index in [4.69, 9.17) is 16.7 Å². The lowest BCUT2D eigenvalue weighted by molar-refractivity contribution is 0.277. The molecule has 0 aliphatic rings. The highest BCUT2D eigenvalue weighted by Gasteiger charge is 2.07. The highest BCUT2D eigenvalue weighted by atomic mass is 35.5. The first-order valence-electron chi connectivity index (χ1n) is 4.75. The van der Waals surface area contributed by atoms with Crippen LogP contribution in [0.15, 0.2) is 30.7 Å². The molecule has 0 fully saturated rings. The molecule has 1 heterocycles. The number of aliphatic hydroxyl groups is 1. The summed E-state index contributed by atoms with van der Waals surface area (Å²) in [4.78, 5) is 3.94. The molecule has 84 valence electrons. The zero-order chi connectivity index (χ0) is 11.5. The van der Waals surface area contributed by atoms with Gasteiger partial charge in [0, 0.05) is 11.8 Å². The van der Waals surface area contributed by atoms with Crippen LogP contribution in [0, 0.1) is 5.82 Å². The van der Waals surface area contributed by atoms with E-state index in [2.05, 4.69) is 4.98 Å². The summed E-state index contributed by atoms with van der Waals surface area (Å²) in [6.45, 7) is 0.227. The van der Waals surface area contributed by atoms with Gasteiger partial charge in [0.2, 0.25) is 0 Å². The second-order valence-corrected chi connectivity index (χ2v) is 3.82. The van der Waals surface area contributed by atoms with Crippen LogP contribution in [0.5, 0.6) is 0 Å². The fraction of sp³-hybridized carbons (Fsp3) is 0.182. The molecule has 2 rings (SSSR count). The maximum Gasteiger partial charge on any atom is 0.146 e. The number of hydrogen-bond acceptors (Lipinski definition) is 2. The molecule has 5 heteroatoms. The summed E-state index contributed by atoms with van der Waals surface area (Å²) < 4.78 is 15.3. The highest BCUT2D eigenvalue weighted by molar-refractivity contribution is 6.30. The molecule has 0 bridgehead atoms. The second kappa shape index (κ2) is 4.63. The van der Waals surface area contributed by atoms with E-state index in [0.717, 1.165) is 0 Å². The van der Waals surface area contributed by atoms with Gasteiger partial charge < -0.3 is 9.67 Å². The van der Waals surface area contributed by atoms with E-state index in [1.165, 1.54) is 6.07 Å². The topological polar surface area (TPSA) is 38.0 Å². The first-order valence-corrected chi connectivity index (χ1v) is 5.13. The number of aromatic nitrogens is 2. The molecule has 0 unspecified atom stereocenters. The summed E-state index contributed by atoms with van der Waals surface area (Å²) in [5.74, 6) is -0.414. The highest BCUT2D eigenvalue weighted by Crippen LogP contribution is 2.18. The van der Waals surface area contributed by atoms with E-state index in [9.17, 15) is 4.39 Å². The molecule has 0 saturated heterocycles. The van der Waals surface area contributed by atoms with E-state index in [1.807, 2.05) is 0 Å². The van der Waals surface area contributed by atoms with Gasteiger partial charge in [-0.05, 0) is 6.07 Å². The van der Waals surface area contributed by atoms with Gasteiger partial charge in [-0.15, -0.1) is 0 Å². The average Bonchev–Trinajstić information content (AvgIpc) is 2.73. The Morgan fingerprint density at radius 2 is 2.25 bits per heavy atom. The van der Waals surface area contributed by atoms with Gasteiger partial charge in [0.15, 0.2) is 0 Å². The Kier molecular flexibility index (Phi) is 3.22. The van der Waals surface area contributed by atoms with Crippen LogP contribution in [0.25, 0.3) is 0 Å². The van der Waals surface area contributed by atoms with Crippen molar-refractivity contribution in [3.8, 4) is 0 Å². The number of halogens is 2. The Morgan fingerprint density at radius 1 is 1.44 bits per heavy atom. The number of hydrogen-bond donors (Lipinski definition) is 1. The first-order chi connectivity index (χ1) is 7.70. The Labute approximate surface area is 97.1 Å². The number of rotatable bonds is 3. The smallest absolute Gasteiger partial charge is 0.146 e. The molecule has 0 atom stereocenters. The van der Waals surface area contributed by atoms with Crippen molar-refractivity contribution in [3.63, 3.8) is 0 Å². The molecule has 1 N–H and O–H groups in total. The van der Waals surface area contributed by atoms with Gasteiger partial charge in [0.25, 0.3) is 0 Å². The summed E-state index contributed by atoms with van der Waals surface area (Å²) in [7, 11) is 0. The largest absolute Gasteiger partial charge is 0.390 e. The van der Waals surface area contributed by atoms with E-state index in [0.29, 0.717) is 17.8 Å². The standard InChI is InChI=1S/C11H10ClFN2O/c12-10-3-1-2-8(11(10)13)4-15-5-9(6-16)14-7-15/h1-3,5,7,16H,4,6H2. The summed E-state index contributed by atoms with van der Waals surface area (Å²) in [6.07, 6.45) is 3.21. The molecule has 3 nitrogen and oxygen atoms in total. The summed E-state index contributed by atoms with van der Waals surface area (Å²) in [5.41, 5.74) is 1.05. The van der Waals surface area contributed by atoms with Crippen LogP contribution in [0.3, 0.4) is 0 Å². The predicted octanol–water partition coefficient (Wildman–Crippen LogP) is 2.22. The molecule has 1 aromatic carbocycles. The predicted molar refractivity (Wildman–Crippen MR) is 58.7 cm³/mol. The van der Waals surface area contributed by atoms with E-state index in [1.54, 1.807) is 29.2 Å². The zero-order valence-corrected chi connectivity index (χ0v) is 9.15. The van der Waals surface area contributed by atoms with Gasteiger partial charge in [0.1, 0.15) is 5.82 Å². The molecular weight excluding hydrogens is 231 g/mol. The Balaban J connectivity index is 2.23.